The molecule has 8 heteroatoms. The second-order valence-electron chi connectivity index (χ2n) is 5.13. The molecule has 24 heavy (non-hydrogen) atoms. The molecule has 0 heterocycles. The van der Waals surface area contributed by atoms with Crippen molar-refractivity contribution < 1.29 is 22.3 Å². The highest BCUT2D eigenvalue weighted by molar-refractivity contribution is 7.89. The maximum atomic E-state index is 13.0. The van der Waals surface area contributed by atoms with Crippen molar-refractivity contribution in [1.29, 1.82) is 0 Å². The Morgan fingerprint density at radius 3 is 2.54 bits per heavy atom. The van der Waals surface area contributed by atoms with Gasteiger partial charge in [0.05, 0.1) is 15.5 Å². The summed E-state index contributed by atoms with van der Waals surface area (Å²) in [5.74, 6) is -1.19. The largest absolute Gasteiger partial charge is 0.457 e. The monoisotopic (exact) mass is 371 g/mol. The molecule has 0 saturated carbocycles. The predicted octanol–water partition coefficient (Wildman–Crippen LogP) is 3.09. The minimum Gasteiger partial charge on any atom is -0.457 e. The Morgan fingerprint density at radius 2 is 1.92 bits per heavy atom. The van der Waals surface area contributed by atoms with Crippen LogP contribution in [0.2, 0.25) is 5.02 Å². The van der Waals surface area contributed by atoms with Crippen molar-refractivity contribution in [3.05, 3.63) is 64.4 Å². The van der Waals surface area contributed by atoms with Gasteiger partial charge in [0.25, 0.3) is 0 Å². The number of rotatable bonds is 5. The summed E-state index contributed by atoms with van der Waals surface area (Å²) in [5, 5.41) is 0.145. The molecule has 2 rings (SSSR count). The highest BCUT2D eigenvalue weighted by atomic mass is 35.5. The molecule has 0 radical (unpaired) electrons. The van der Waals surface area contributed by atoms with Gasteiger partial charge in [-0.1, -0.05) is 23.7 Å². The topological polar surface area (TPSA) is 63.7 Å². The van der Waals surface area contributed by atoms with Crippen LogP contribution in [-0.2, 0) is 21.4 Å². The number of ether oxygens (including phenoxy) is 1. The van der Waals surface area contributed by atoms with Gasteiger partial charge in [0.2, 0.25) is 10.0 Å². The molecule has 5 nitrogen and oxygen atoms in total. The molecule has 0 unspecified atom stereocenters. The Hall–Kier alpha value is -1.96. The first-order chi connectivity index (χ1) is 11.2. The van der Waals surface area contributed by atoms with Crippen LogP contribution in [0.3, 0.4) is 0 Å². The van der Waals surface area contributed by atoms with Crippen LogP contribution in [-0.4, -0.2) is 32.8 Å². The number of hydrogen-bond acceptors (Lipinski definition) is 4. The zero-order valence-corrected chi connectivity index (χ0v) is 14.6. The van der Waals surface area contributed by atoms with Gasteiger partial charge in [-0.15, -0.1) is 0 Å². The smallest absolute Gasteiger partial charge is 0.338 e. The third kappa shape index (κ3) is 4.11. The third-order valence-corrected chi connectivity index (χ3v) is 5.39. The van der Waals surface area contributed by atoms with Crippen LogP contribution < -0.4 is 0 Å². The molecule has 0 spiro atoms. The first-order valence-corrected chi connectivity index (χ1v) is 8.67. The van der Waals surface area contributed by atoms with Gasteiger partial charge in [-0.25, -0.2) is 21.9 Å². The maximum absolute atomic E-state index is 13.0. The molecule has 0 amide bonds. The summed E-state index contributed by atoms with van der Waals surface area (Å²) < 4.78 is 43.3. The number of sulfonamides is 1. The van der Waals surface area contributed by atoms with Gasteiger partial charge in [-0.3, -0.25) is 0 Å². The molecule has 0 N–H and O–H groups in total. The van der Waals surface area contributed by atoms with Crippen molar-refractivity contribution in [3.8, 4) is 0 Å². The van der Waals surface area contributed by atoms with Crippen LogP contribution in [0.4, 0.5) is 4.39 Å². The van der Waals surface area contributed by atoms with Gasteiger partial charge < -0.3 is 4.74 Å². The molecule has 0 bridgehead atoms. The van der Waals surface area contributed by atoms with Gasteiger partial charge >= 0.3 is 5.97 Å². The maximum Gasteiger partial charge on any atom is 0.338 e. The van der Waals surface area contributed by atoms with Gasteiger partial charge in [0.15, 0.2) is 0 Å². The molecule has 0 aliphatic carbocycles. The van der Waals surface area contributed by atoms with Crippen molar-refractivity contribution in [1.82, 2.24) is 4.31 Å². The fourth-order valence-corrected chi connectivity index (χ4v) is 3.03. The number of halogens is 2. The average molecular weight is 372 g/mol. The zero-order valence-electron chi connectivity index (χ0n) is 13.0. The van der Waals surface area contributed by atoms with E-state index in [-0.39, 0.29) is 22.1 Å². The second kappa shape index (κ2) is 7.29. The van der Waals surface area contributed by atoms with Crippen LogP contribution in [0.1, 0.15) is 15.9 Å². The Bertz CT molecular complexity index is 868. The van der Waals surface area contributed by atoms with Crippen molar-refractivity contribution >= 4 is 27.6 Å². The summed E-state index contributed by atoms with van der Waals surface area (Å²) in [5.41, 5.74) is 0.541. The van der Waals surface area contributed by atoms with Crippen molar-refractivity contribution in [2.45, 2.75) is 11.5 Å². The fourth-order valence-electron chi connectivity index (χ4n) is 1.86. The molecule has 2 aromatic rings. The molecular weight excluding hydrogens is 357 g/mol. The van der Waals surface area contributed by atoms with Crippen LogP contribution in [0.25, 0.3) is 0 Å². The number of esters is 1. The predicted molar refractivity (Wildman–Crippen MR) is 87.8 cm³/mol. The lowest BCUT2D eigenvalue weighted by Gasteiger charge is -2.12. The molecule has 128 valence electrons. The van der Waals surface area contributed by atoms with Gasteiger partial charge in [-0.05, 0) is 30.3 Å². The number of nitrogens with zero attached hydrogens (tertiary/aromatic N) is 1. The van der Waals surface area contributed by atoms with Gasteiger partial charge in [0.1, 0.15) is 12.4 Å². The Morgan fingerprint density at radius 1 is 1.21 bits per heavy atom. The molecule has 0 aliphatic heterocycles. The lowest BCUT2D eigenvalue weighted by atomic mass is 10.2. The summed E-state index contributed by atoms with van der Waals surface area (Å²) in [7, 11) is -0.849. The van der Waals surface area contributed by atoms with E-state index in [4.69, 9.17) is 16.3 Å². The normalized spacial score (nSPS) is 11.5. The van der Waals surface area contributed by atoms with Crippen LogP contribution in [0.15, 0.2) is 47.4 Å². The average Bonchev–Trinajstić information content (AvgIpc) is 2.53. The Labute approximate surface area is 144 Å². The van der Waals surface area contributed by atoms with E-state index in [1.165, 1.54) is 50.5 Å². The zero-order chi connectivity index (χ0) is 17.9. The van der Waals surface area contributed by atoms with Crippen molar-refractivity contribution in [2.75, 3.05) is 14.1 Å². The Kier molecular flexibility index (Phi) is 5.58. The molecule has 0 atom stereocenters. The fraction of sp³-hybridized carbons (Fsp3) is 0.188. The van der Waals surface area contributed by atoms with Crippen LogP contribution in [0.5, 0.6) is 0 Å². The van der Waals surface area contributed by atoms with E-state index in [9.17, 15) is 17.6 Å². The van der Waals surface area contributed by atoms with E-state index in [0.717, 1.165) is 10.4 Å². The highest BCUT2D eigenvalue weighted by Crippen LogP contribution is 2.20. The molecule has 0 saturated heterocycles. The van der Waals surface area contributed by atoms with Crippen LogP contribution >= 0.6 is 11.6 Å². The number of hydrogen-bond donors (Lipinski definition) is 0. The first-order valence-electron chi connectivity index (χ1n) is 6.85. The summed E-state index contributed by atoms with van der Waals surface area (Å²) in [4.78, 5) is 12.1. The van der Waals surface area contributed by atoms with Crippen LogP contribution in [0, 0.1) is 5.82 Å². The van der Waals surface area contributed by atoms with E-state index in [1.54, 1.807) is 0 Å². The summed E-state index contributed by atoms with van der Waals surface area (Å²) in [6.45, 7) is -0.150. The second-order valence-corrected chi connectivity index (χ2v) is 7.69. The quantitative estimate of drug-likeness (QED) is 0.758. The van der Waals surface area contributed by atoms with E-state index >= 15 is 0 Å². The molecule has 2 aromatic carbocycles. The number of carbonyl (C=O) groups is 1. The lowest BCUT2D eigenvalue weighted by Crippen LogP contribution is -2.22. The van der Waals surface area contributed by atoms with E-state index in [0.29, 0.717) is 5.56 Å². The minimum absolute atomic E-state index is 0.0123. The SMILES string of the molecule is CN(C)S(=O)(=O)c1cccc(C(=O)OCc2ccc(F)cc2Cl)c1. The molecule has 0 aromatic heterocycles. The standard InChI is InChI=1S/C16H15ClFNO4S/c1-19(2)24(21,22)14-5-3-4-11(8-14)16(20)23-10-12-6-7-13(18)9-15(12)17/h3-9H,10H2,1-2H3. The van der Waals surface area contributed by atoms with Crippen molar-refractivity contribution in [2.24, 2.45) is 0 Å². The summed E-state index contributed by atoms with van der Waals surface area (Å²) >= 11 is 5.86. The first kappa shape index (κ1) is 18.4. The number of benzene rings is 2. The van der Waals surface area contributed by atoms with E-state index < -0.39 is 21.8 Å². The third-order valence-electron chi connectivity index (χ3n) is 3.22. The van der Waals surface area contributed by atoms with Gasteiger partial charge in [0, 0.05) is 19.7 Å². The lowest BCUT2D eigenvalue weighted by molar-refractivity contribution is 0.0472. The molecule has 0 fully saturated rings. The number of carbonyl (C=O) groups excluding carboxylic acids is 1. The molecule has 0 aliphatic rings. The van der Waals surface area contributed by atoms with E-state index in [1.807, 2.05) is 0 Å². The highest BCUT2D eigenvalue weighted by Gasteiger charge is 2.19. The Balaban J connectivity index is 2.16. The van der Waals surface area contributed by atoms with E-state index in [2.05, 4.69) is 0 Å². The summed E-state index contributed by atoms with van der Waals surface area (Å²) in [6.07, 6.45) is 0. The minimum atomic E-state index is -3.65. The summed E-state index contributed by atoms with van der Waals surface area (Å²) in [6, 6.07) is 9.28. The molecular formula is C16H15ClFNO4S. The van der Waals surface area contributed by atoms with Gasteiger partial charge in [-0.2, -0.15) is 0 Å². The van der Waals surface area contributed by atoms with Crippen molar-refractivity contribution in [3.63, 3.8) is 0 Å².